The maximum Gasteiger partial charge on any atom is 0.324 e. The number of aromatic nitrogens is 2. The fourth-order valence-electron chi connectivity index (χ4n) is 3.55. The predicted octanol–water partition coefficient (Wildman–Crippen LogP) is 3.17. The van der Waals surface area contributed by atoms with Crippen molar-refractivity contribution in [3.05, 3.63) is 71.3 Å². The predicted molar refractivity (Wildman–Crippen MR) is 109 cm³/mol. The minimum absolute atomic E-state index is 0.253. The van der Waals surface area contributed by atoms with Gasteiger partial charge in [-0.05, 0) is 41.8 Å². The Balaban J connectivity index is 1.27. The largest absolute Gasteiger partial charge is 0.497 e. The molecule has 1 aromatic heterocycles. The van der Waals surface area contributed by atoms with Crippen molar-refractivity contribution in [2.75, 3.05) is 44.7 Å². The lowest BCUT2D eigenvalue weighted by molar-refractivity contribution is 0.253. The summed E-state index contributed by atoms with van der Waals surface area (Å²) in [6.07, 6.45) is 1.46. The second-order valence-corrected chi connectivity index (χ2v) is 7.23. The second kappa shape index (κ2) is 9.05. The lowest BCUT2D eigenvalue weighted by Crippen LogP contribution is -2.47. The zero-order valence-corrected chi connectivity index (χ0v) is 16.6. The third-order valence-corrected chi connectivity index (χ3v) is 5.20. The van der Waals surface area contributed by atoms with Gasteiger partial charge in [0, 0.05) is 39.1 Å². The van der Waals surface area contributed by atoms with Crippen molar-refractivity contribution in [3.8, 4) is 5.75 Å². The lowest BCUT2D eigenvalue weighted by atomic mass is 10.1. The van der Waals surface area contributed by atoms with Crippen LogP contribution in [0.25, 0.3) is 0 Å². The molecule has 1 aliphatic rings. The van der Waals surface area contributed by atoms with Crippen molar-refractivity contribution in [3.63, 3.8) is 0 Å². The van der Waals surface area contributed by atoms with E-state index in [2.05, 4.69) is 32.1 Å². The van der Waals surface area contributed by atoms with Crippen LogP contribution in [0.1, 0.15) is 17.0 Å². The van der Waals surface area contributed by atoms with Gasteiger partial charge in [-0.15, -0.1) is 0 Å². The molecule has 0 unspecified atom stereocenters. The van der Waals surface area contributed by atoms with E-state index in [0.717, 1.165) is 50.5 Å². The number of ether oxygens (including phenoxy) is 1. The van der Waals surface area contributed by atoms with Gasteiger partial charge in [0.1, 0.15) is 11.6 Å². The number of rotatable bonds is 7. The minimum atomic E-state index is -0.253. The molecular weight excluding hydrogens is 371 g/mol. The molecule has 4 rings (SSSR count). The molecule has 0 aliphatic carbocycles. The number of piperazine rings is 1. The van der Waals surface area contributed by atoms with Gasteiger partial charge in [-0.25, -0.2) is 4.39 Å². The molecule has 6 nitrogen and oxygen atoms in total. The summed E-state index contributed by atoms with van der Waals surface area (Å²) in [6.45, 7) is 4.60. The number of benzene rings is 2. The monoisotopic (exact) mass is 396 g/mol. The fraction of sp³-hybridized carbons (Fsp3) is 0.364. The van der Waals surface area contributed by atoms with Crippen molar-refractivity contribution in [2.45, 2.75) is 12.8 Å². The van der Waals surface area contributed by atoms with Crippen LogP contribution in [0.15, 0.2) is 53.1 Å². The van der Waals surface area contributed by atoms with E-state index in [1.165, 1.54) is 17.7 Å². The van der Waals surface area contributed by atoms with E-state index in [1.54, 1.807) is 13.2 Å². The van der Waals surface area contributed by atoms with Crippen LogP contribution in [0.2, 0.25) is 0 Å². The van der Waals surface area contributed by atoms with Crippen LogP contribution in [0.4, 0.5) is 10.4 Å². The van der Waals surface area contributed by atoms with Crippen LogP contribution in [0, 0.1) is 5.82 Å². The van der Waals surface area contributed by atoms with Gasteiger partial charge in [0.25, 0.3) is 0 Å². The number of halogens is 1. The van der Waals surface area contributed by atoms with E-state index < -0.39 is 0 Å². The Bertz CT molecular complexity index is 938. The number of nitrogens with zero attached hydrogens (tertiary/aromatic N) is 4. The maximum absolute atomic E-state index is 13.3. The summed E-state index contributed by atoms with van der Waals surface area (Å²) in [5.41, 5.74) is 2.12. The van der Waals surface area contributed by atoms with Gasteiger partial charge in [0.15, 0.2) is 5.82 Å². The molecular formula is C22H25FN4O2. The molecule has 3 aromatic rings. The Labute approximate surface area is 169 Å². The summed E-state index contributed by atoms with van der Waals surface area (Å²) in [6, 6.07) is 15.3. The van der Waals surface area contributed by atoms with Gasteiger partial charge in [-0.3, -0.25) is 4.90 Å². The Morgan fingerprint density at radius 1 is 1.03 bits per heavy atom. The first-order chi connectivity index (χ1) is 14.2. The molecule has 0 N–H and O–H groups in total. The van der Waals surface area contributed by atoms with E-state index in [9.17, 15) is 4.39 Å². The molecule has 152 valence electrons. The highest BCUT2D eigenvalue weighted by molar-refractivity contribution is 5.29. The molecule has 1 aliphatic heterocycles. The summed E-state index contributed by atoms with van der Waals surface area (Å²) in [5.74, 6) is 1.22. The molecule has 7 heteroatoms. The van der Waals surface area contributed by atoms with Crippen molar-refractivity contribution >= 4 is 6.01 Å². The van der Waals surface area contributed by atoms with Gasteiger partial charge < -0.3 is 14.2 Å². The van der Waals surface area contributed by atoms with E-state index in [1.807, 2.05) is 18.2 Å². The average Bonchev–Trinajstić information content (AvgIpc) is 3.21. The zero-order valence-electron chi connectivity index (χ0n) is 16.6. The fourth-order valence-corrected chi connectivity index (χ4v) is 3.55. The molecule has 1 saturated heterocycles. The van der Waals surface area contributed by atoms with Gasteiger partial charge in [0.05, 0.1) is 7.11 Å². The van der Waals surface area contributed by atoms with E-state index in [0.29, 0.717) is 18.3 Å². The Morgan fingerprint density at radius 3 is 2.62 bits per heavy atom. The molecule has 0 atom stereocenters. The first-order valence-electron chi connectivity index (χ1n) is 9.87. The Morgan fingerprint density at radius 2 is 1.83 bits per heavy atom. The maximum atomic E-state index is 13.3. The topological polar surface area (TPSA) is 54.6 Å². The first kappa shape index (κ1) is 19.4. The molecule has 29 heavy (non-hydrogen) atoms. The molecule has 0 saturated carbocycles. The summed E-state index contributed by atoms with van der Waals surface area (Å²) in [5, 5.41) is 4.05. The number of anilines is 1. The highest BCUT2D eigenvalue weighted by Crippen LogP contribution is 2.17. The van der Waals surface area contributed by atoms with Gasteiger partial charge in [-0.2, -0.15) is 4.98 Å². The van der Waals surface area contributed by atoms with Gasteiger partial charge >= 0.3 is 6.01 Å². The molecule has 1 fully saturated rings. The average molecular weight is 396 g/mol. The highest BCUT2D eigenvalue weighted by atomic mass is 19.1. The quantitative estimate of drug-likeness (QED) is 0.612. The SMILES string of the molecule is COc1cccc(CCN2CCN(c3nc(Cc4cccc(F)c4)no3)CC2)c1. The van der Waals surface area contributed by atoms with Crippen molar-refractivity contribution in [2.24, 2.45) is 0 Å². The third kappa shape index (κ3) is 5.12. The van der Waals surface area contributed by atoms with Crippen LogP contribution in [0.3, 0.4) is 0 Å². The summed E-state index contributed by atoms with van der Waals surface area (Å²) in [4.78, 5) is 9.05. The van der Waals surface area contributed by atoms with E-state index in [4.69, 9.17) is 9.26 Å². The van der Waals surface area contributed by atoms with Crippen LogP contribution in [-0.2, 0) is 12.8 Å². The van der Waals surface area contributed by atoms with Gasteiger partial charge in [0.2, 0.25) is 0 Å². The van der Waals surface area contributed by atoms with Crippen molar-refractivity contribution < 1.29 is 13.7 Å². The normalized spacial score (nSPS) is 14.9. The smallest absolute Gasteiger partial charge is 0.324 e. The summed E-state index contributed by atoms with van der Waals surface area (Å²) in [7, 11) is 1.69. The zero-order chi connectivity index (χ0) is 20.1. The molecule has 2 aromatic carbocycles. The van der Waals surface area contributed by atoms with Crippen LogP contribution < -0.4 is 9.64 Å². The first-order valence-corrected chi connectivity index (χ1v) is 9.87. The van der Waals surface area contributed by atoms with E-state index >= 15 is 0 Å². The van der Waals surface area contributed by atoms with Crippen LogP contribution >= 0.6 is 0 Å². The molecule has 2 heterocycles. The highest BCUT2D eigenvalue weighted by Gasteiger charge is 2.21. The standard InChI is InChI=1S/C22H25FN4O2/c1-28-20-7-3-4-17(15-20)8-9-26-10-12-27(13-11-26)22-24-21(25-29-22)16-18-5-2-6-19(23)14-18/h2-7,14-15H,8-13,16H2,1H3. The van der Waals surface area contributed by atoms with Crippen LogP contribution in [0.5, 0.6) is 5.75 Å². The molecule has 0 radical (unpaired) electrons. The summed E-state index contributed by atoms with van der Waals surface area (Å²) >= 11 is 0. The van der Waals surface area contributed by atoms with Crippen molar-refractivity contribution in [1.29, 1.82) is 0 Å². The Kier molecular flexibility index (Phi) is 6.05. The number of hydrogen-bond acceptors (Lipinski definition) is 6. The number of methoxy groups -OCH3 is 1. The van der Waals surface area contributed by atoms with Crippen molar-refractivity contribution in [1.82, 2.24) is 15.0 Å². The lowest BCUT2D eigenvalue weighted by Gasteiger charge is -2.33. The minimum Gasteiger partial charge on any atom is -0.497 e. The van der Waals surface area contributed by atoms with Crippen LogP contribution in [-0.4, -0.2) is 54.9 Å². The Hall–Kier alpha value is -2.93. The second-order valence-electron chi connectivity index (χ2n) is 7.23. The third-order valence-electron chi connectivity index (χ3n) is 5.20. The summed E-state index contributed by atoms with van der Waals surface area (Å²) < 4.78 is 24.1. The van der Waals surface area contributed by atoms with E-state index in [-0.39, 0.29) is 5.82 Å². The number of hydrogen-bond donors (Lipinski definition) is 0. The molecule has 0 amide bonds. The molecule has 0 spiro atoms. The van der Waals surface area contributed by atoms with Gasteiger partial charge in [-0.1, -0.05) is 29.4 Å². The molecule has 0 bridgehead atoms.